The molecule has 0 saturated heterocycles. The lowest BCUT2D eigenvalue weighted by Crippen LogP contribution is -2.35. The molecule has 3 rings (SSSR count). The number of nitrogens with one attached hydrogen (secondary N) is 1. The lowest BCUT2D eigenvalue weighted by Gasteiger charge is -2.14. The Labute approximate surface area is 156 Å². The molecule has 1 aromatic carbocycles. The molecular formula is C18H22ClN3O2S. The van der Waals surface area contributed by atoms with Crippen LogP contribution in [-0.4, -0.2) is 26.6 Å². The van der Waals surface area contributed by atoms with Crippen molar-refractivity contribution in [3.05, 3.63) is 46.7 Å². The molecule has 1 aliphatic carbocycles. The van der Waals surface area contributed by atoms with Gasteiger partial charge in [0.1, 0.15) is 6.54 Å². The molecule has 5 nitrogen and oxygen atoms in total. The van der Waals surface area contributed by atoms with Crippen molar-refractivity contribution >= 4 is 29.3 Å². The summed E-state index contributed by atoms with van der Waals surface area (Å²) in [5.41, 5.74) is 1.74. The minimum atomic E-state index is -0.137. The van der Waals surface area contributed by atoms with E-state index in [1.54, 1.807) is 10.8 Å². The van der Waals surface area contributed by atoms with Crippen LogP contribution >= 0.6 is 23.4 Å². The fourth-order valence-corrected chi connectivity index (χ4v) is 4.22. The first-order chi connectivity index (χ1) is 12.2. The lowest BCUT2D eigenvalue weighted by atomic mass is 10.2. The fraction of sp³-hybridized carbons (Fsp3) is 0.444. The standard InChI is InChI=1S/C18H22ClN3O2S/c19-14-5-3-4-13(8-14)12-25-18-20-9-16(11-23)22(18)10-17(24)21-15-6-1-2-7-15/h3-5,8-9,15,23H,1-2,6-7,10-12H2,(H,21,24). The molecule has 1 saturated carbocycles. The molecule has 1 heterocycles. The second-order valence-corrected chi connectivity index (χ2v) is 7.62. The molecule has 0 aliphatic heterocycles. The van der Waals surface area contributed by atoms with E-state index in [4.69, 9.17) is 11.6 Å². The molecule has 1 aliphatic rings. The number of thioether (sulfide) groups is 1. The molecular weight excluding hydrogens is 358 g/mol. The number of carbonyl (C=O) groups is 1. The zero-order valence-electron chi connectivity index (χ0n) is 13.9. The second-order valence-electron chi connectivity index (χ2n) is 6.24. The van der Waals surface area contributed by atoms with Crippen LogP contribution in [0.3, 0.4) is 0 Å². The van der Waals surface area contributed by atoms with Crippen molar-refractivity contribution in [2.24, 2.45) is 0 Å². The first-order valence-corrected chi connectivity index (χ1v) is 9.84. The van der Waals surface area contributed by atoms with Crippen molar-refractivity contribution in [3.63, 3.8) is 0 Å². The largest absolute Gasteiger partial charge is 0.390 e. The zero-order valence-corrected chi connectivity index (χ0v) is 15.5. The highest BCUT2D eigenvalue weighted by atomic mass is 35.5. The molecule has 0 spiro atoms. The van der Waals surface area contributed by atoms with Crippen LogP contribution in [0.4, 0.5) is 0 Å². The zero-order chi connectivity index (χ0) is 17.6. The number of aliphatic hydroxyl groups is 1. The third kappa shape index (κ3) is 5.00. The van der Waals surface area contributed by atoms with Gasteiger partial charge in [-0.2, -0.15) is 0 Å². The van der Waals surface area contributed by atoms with Crippen LogP contribution in [0.15, 0.2) is 35.6 Å². The number of imidazole rings is 1. The summed E-state index contributed by atoms with van der Waals surface area (Å²) >= 11 is 7.55. The van der Waals surface area contributed by atoms with Gasteiger partial charge in [0.15, 0.2) is 5.16 Å². The molecule has 25 heavy (non-hydrogen) atoms. The monoisotopic (exact) mass is 379 g/mol. The molecule has 1 fully saturated rings. The fourth-order valence-electron chi connectivity index (χ4n) is 3.06. The van der Waals surface area contributed by atoms with Gasteiger partial charge in [-0.05, 0) is 30.5 Å². The van der Waals surface area contributed by atoms with Crippen molar-refractivity contribution in [3.8, 4) is 0 Å². The molecule has 0 radical (unpaired) electrons. The average molecular weight is 380 g/mol. The predicted molar refractivity (Wildman–Crippen MR) is 99.6 cm³/mol. The van der Waals surface area contributed by atoms with Crippen LogP contribution in [0, 0.1) is 0 Å². The third-order valence-corrected chi connectivity index (χ3v) is 5.64. The first kappa shape index (κ1) is 18.3. The number of nitrogens with zero attached hydrogens (tertiary/aromatic N) is 2. The van der Waals surface area contributed by atoms with Gasteiger partial charge < -0.3 is 15.0 Å². The number of amides is 1. The number of carbonyl (C=O) groups excluding carboxylic acids is 1. The summed E-state index contributed by atoms with van der Waals surface area (Å²) in [6.07, 6.45) is 6.10. The van der Waals surface area contributed by atoms with Gasteiger partial charge in [0, 0.05) is 16.8 Å². The summed E-state index contributed by atoms with van der Waals surface area (Å²) in [6, 6.07) is 7.97. The van der Waals surface area contributed by atoms with Gasteiger partial charge >= 0.3 is 0 Å². The van der Waals surface area contributed by atoms with E-state index in [0.29, 0.717) is 16.5 Å². The normalized spacial score (nSPS) is 14.8. The van der Waals surface area contributed by atoms with E-state index in [-0.39, 0.29) is 25.1 Å². The van der Waals surface area contributed by atoms with E-state index < -0.39 is 0 Å². The van der Waals surface area contributed by atoms with Gasteiger partial charge in [0.25, 0.3) is 0 Å². The number of halogens is 1. The predicted octanol–water partition coefficient (Wildman–Crippen LogP) is 3.38. The van der Waals surface area contributed by atoms with Crippen molar-refractivity contribution in [1.82, 2.24) is 14.9 Å². The van der Waals surface area contributed by atoms with E-state index in [0.717, 1.165) is 23.6 Å². The van der Waals surface area contributed by atoms with Crippen LogP contribution in [0.25, 0.3) is 0 Å². The number of rotatable bonds is 7. The number of benzene rings is 1. The van der Waals surface area contributed by atoms with E-state index in [1.165, 1.54) is 24.6 Å². The Bertz CT molecular complexity index is 729. The Morgan fingerprint density at radius 1 is 1.40 bits per heavy atom. The minimum Gasteiger partial charge on any atom is -0.390 e. The maximum absolute atomic E-state index is 12.3. The van der Waals surface area contributed by atoms with E-state index in [2.05, 4.69) is 10.3 Å². The molecule has 1 amide bonds. The smallest absolute Gasteiger partial charge is 0.240 e. The summed E-state index contributed by atoms with van der Waals surface area (Å²) < 4.78 is 1.79. The molecule has 1 aromatic heterocycles. The van der Waals surface area contributed by atoms with E-state index in [9.17, 15) is 9.90 Å². The quantitative estimate of drug-likeness (QED) is 0.724. The van der Waals surface area contributed by atoms with Crippen molar-refractivity contribution in [2.75, 3.05) is 0 Å². The van der Waals surface area contributed by atoms with Gasteiger partial charge in [-0.1, -0.05) is 48.3 Å². The molecule has 2 N–H and O–H groups in total. The van der Waals surface area contributed by atoms with Crippen molar-refractivity contribution in [1.29, 1.82) is 0 Å². The Hall–Kier alpha value is -1.50. The summed E-state index contributed by atoms with van der Waals surface area (Å²) in [7, 11) is 0. The molecule has 2 aromatic rings. The number of hydrogen-bond donors (Lipinski definition) is 2. The summed E-state index contributed by atoms with van der Waals surface area (Å²) in [5, 5.41) is 14.0. The van der Waals surface area contributed by atoms with E-state index in [1.807, 2.05) is 24.3 Å². The summed E-state index contributed by atoms with van der Waals surface area (Å²) in [5.74, 6) is 0.677. The Morgan fingerprint density at radius 3 is 2.92 bits per heavy atom. The minimum absolute atomic E-state index is 0.0239. The Balaban J connectivity index is 1.65. The third-order valence-electron chi connectivity index (χ3n) is 4.34. The van der Waals surface area contributed by atoms with Crippen LogP contribution in [0.1, 0.15) is 36.9 Å². The van der Waals surface area contributed by atoms with E-state index >= 15 is 0 Å². The Kier molecular flexibility index (Phi) is 6.39. The van der Waals surface area contributed by atoms with Crippen molar-refractivity contribution in [2.45, 2.75) is 55.8 Å². The number of aliphatic hydroxyl groups excluding tert-OH is 1. The van der Waals surface area contributed by atoms with Gasteiger partial charge in [-0.3, -0.25) is 4.79 Å². The van der Waals surface area contributed by atoms with Crippen LogP contribution in [0.5, 0.6) is 0 Å². The Morgan fingerprint density at radius 2 is 2.20 bits per heavy atom. The highest BCUT2D eigenvalue weighted by Crippen LogP contribution is 2.24. The topological polar surface area (TPSA) is 67.2 Å². The highest BCUT2D eigenvalue weighted by molar-refractivity contribution is 7.98. The number of aromatic nitrogens is 2. The van der Waals surface area contributed by atoms with Gasteiger partial charge in [0.2, 0.25) is 5.91 Å². The van der Waals surface area contributed by atoms with Crippen LogP contribution in [0.2, 0.25) is 5.02 Å². The second kappa shape index (κ2) is 8.74. The summed E-state index contributed by atoms with van der Waals surface area (Å²) in [6.45, 7) is 0.0473. The molecule has 7 heteroatoms. The average Bonchev–Trinajstić information content (AvgIpc) is 3.23. The van der Waals surface area contributed by atoms with Gasteiger partial charge in [-0.25, -0.2) is 4.98 Å². The van der Waals surface area contributed by atoms with Crippen molar-refractivity contribution < 1.29 is 9.90 Å². The van der Waals surface area contributed by atoms with Crippen LogP contribution in [-0.2, 0) is 23.7 Å². The molecule has 0 bridgehead atoms. The highest BCUT2D eigenvalue weighted by Gasteiger charge is 2.19. The maximum atomic E-state index is 12.3. The molecule has 0 unspecified atom stereocenters. The maximum Gasteiger partial charge on any atom is 0.240 e. The molecule has 134 valence electrons. The first-order valence-electron chi connectivity index (χ1n) is 8.47. The SMILES string of the molecule is O=C(Cn1c(CO)cnc1SCc1cccc(Cl)c1)NC1CCCC1. The number of hydrogen-bond acceptors (Lipinski definition) is 4. The van der Waals surface area contributed by atoms with Gasteiger partial charge in [-0.15, -0.1) is 0 Å². The van der Waals surface area contributed by atoms with Gasteiger partial charge in [0.05, 0.1) is 18.5 Å². The summed E-state index contributed by atoms with van der Waals surface area (Å²) in [4.78, 5) is 16.7. The van der Waals surface area contributed by atoms with Crippen LogP contribution < -0.4 is 5.32 Å². The molecule has 0 atom stereocenters. The lowest BCUT2D eigenvalue weighted by molar-refractivity contribution is -0.122.